The highest BCUT2D eigenvalue weighted by Gasteiger charge is 2.11. The van der Waals surface area contributed by atoms with E-state index in [1.807, 2.05) is 18.2 Å². The lowest BCUT2D eigenvalue weighted by molar-refractivity contribution is 0.625. The Kier molecular flexibility index (Phi) is 5.07. The molecule has 3 aromatic heterocycles. The Hall–Kier alpha value is -3.58. The van der Waals surface area contributed by atoms with Gasteiger partial charge in [-0.15, -0.1) is 0 Å². The fourth-order valence-electron chi connectivity index (χ4n) is 2.92. The first-order valence-corrected chi connectivity index (χ1v) is 8.82. The van der Waals surface area contributed by atoms with E-state index in [4.69, 9.17) is 0 Å². The number of halogens is 1. The van der Waals surface area contributed by atoms with Crippen molar-refractivity contribution in [2.75, 3.05) is 0 Å². The van der Waals surface area contributed by atoms with Crippen molar-refractivity contribution in [3.63, 3.8) is 0 Å². The maximum absolute atomic E-state index is 13.0. The molecule has 0 spiro atoms. The van der Waals surface area contributed by atoms with Gasteiger partial charge in [-0.2, -0.15) is 0 Å². The number of aromatic amines is 1. The molecule has 4 rings (SSSR count). The van der Waals surface area contributed by atoms with Gasteiger partial charge in [-0.3, -0.25) is 14.9 Å². The Bertz CT molecular complexity index is 1120. The number of hydrogen-bond donors (Lipinski definition) is 2. The van der Waals surface area contributed by atoms with E-state index in [0.717, 1.165) is 16.7 Å². The van der Waals surface area contributed by atoms with E-state index < -0.39 is 0 Å². The minimum absolute atomic E-state index is 0.183. The summed E-state index contributed by atoms with van der Waals surface area (Å²) in [7, 11) is 0. The number of nitrogens with one attached hydrogen (secondary N) is 2. The molecule has 0 fully saturated rings. The highest BCUT2D eigenvalue weighted by atomic mass is 19.1. The molecule has 140 valence electrons. The van der Waals surface area contributed by atoms with Gasteiger partial charge in [0.05, 0.1) is 5.56 Å². The monoisotopic (exact) mass is 375 g/mol. The number of nitrogens with zero attached hydrogens (tertiary/aromatic N) is 3. The van der Waals surface area contributed by atoms with Crippen LogP contribution >= 0.6 is 0 Å². The summed E-state index contributed by atoms with van der Waals surface area (Å²) < 4.78 is 14.4. The van der Waals surface area contributed by atoms with Crippen molar-refractivity contribution < 1.29 is 4.39 Å². The summed E-state index contributed by atoms with van der Waals surface area (Å²) in [5.41, 5.74) is 3.08. The summed E-state index contributed by atoms with van der Waals surface area (Å²) in [5, 5.41) is 6.27. The summed E-state index contributed by atoms with van der Waals surface area (Å²) in [6.45, 7) is 1.21. The van der Waals surface area contributed by atoms with Crippen LogP contribution in [0.15, 0.2) is 78.1 Å². The van der Waals surface area contributed by atoms with E-state index in [9.17, 15) is 9.18 Å². The van der Waals surface area contributed by atoms with Gasteiger partial charge in [0.1, 0.15) is 5.82 Å². The molecule has 28 heavy (non-hydrogen) atoms. The van der Waals surface area contributed by atoms with Crippen LogP contribution in [-0.4, -0.2) is 19.7 Å². The second kappa shape index (κ2) is 7.98. The van der Waals surface area contributed by atoms with Crippen LogP contribution in [-0.2, 0) is 13.1 Å². The topological polar surface area (TPSA) is 75.6 Å². The number of H-pyrrole nitrogens is 1. The molecular formula is C21H18FN5O. The van der Waals surface area contributed by atoms with Crippen LogP contribution in [0.25, 0.3) is 16.9 Å². The Balaban J connectivity index is 1.49. The predicted molar refractivity (Wildman–Crippen MR) is 104 cm³/mol. The van der Waals surface area contributed by atoms with E-state index in [-0.39, 0.29) is 11.4 Å². The van der Waals surface area contributed by atoms with Gasteiger partial charge in [-0.05, 0) is 41.5 Å². The highest BCUT2D eigenvalue weighted by Crippen LogP contribution is 2.14. The van der Waals surface area contributed by atoms with E-state index in [1.54, 1.807) is 43.0 Å². The van der Waals surface area contributed by atoms with Crippen molar-refractivity contribution in [2.24, 2.45) is 0 Å². The molecular weight excluding hydrogens is 357 g/mol. The zero-order valence-electron chi connectivity index (χ0n) is 15.0. The molecule has 0 unspecified atom stereocenters. The van der Waals surface area contributed by atoms with Gasteiger partial charge < -0.3 is 5.32 Å². The van der Waals surface area contributed by atoms with Crippen molar-refractivity contribution in [1.29, 1.82) is 0 Å². The average molecular weight is 375 g/mol. The smallest absolute Gasteiger partial charge is 0.280 e. The summed E-state index contributed by atoms with van der Waals surface area (Å²) in [6, 6.07) is 13.7. The fourth-order valence-corrected chi connectivity index (χ4v) is 2.92. The maximum Gasteiger partial charge on any atom is 0.280 e. The van der Waals surface area contributed by atoms with E-state index in [2.05, 4.69) is 20.4 Å². The SMILES string of the molecule is O=c1c(-c2cccnc2)c[nH]n1-c1cc(CNCc2ccc(F)cc2)ccn1. The Morgan fingerprint density at radius 1 is 1.04 bits per heavy atom. The first-order valence-electron chi connectivity index (χ1n) is 8.82. The molecule has 3 heterocycles. The predicted octanol–water partition coefficient (Wildman–Crippen LogP) is 3.05. The molecule has 0 amide bonds. The molecule has 0 aliphatic rings. The third-order valence-electron chi connectivity index (χ3n) is 4.35. The molecule has 0 aliphatic heterocycles. The van der Waals surface area contributed by atoms with Crippen LogP contribution in [0.2, 0.25) is 0 Å². The van der Waals surface area contributed by atoms with Gasteiger partial charge in [0, 0.05) is 43.4 Å². The molecule has 0 radical (unpaired) electrons. The molecule has 0 saturated carbocycles. The standard InChI is InChI=1S/C21H18FN5O/c22-18-5-3-15(4-6-18)11-24-12-16-7-9-25-20(10-16)27-21(28)19(14-26-27)17-2-1-8-23-13-17/h1-10,13-14,24,26H,11-12H2. The molecule has 0 saturated heterocycles. The lowest BCUT2D eigenvalue weighted by atomic mass is 10.2. The van der Waals surface area contributed by atoms with Gasteiger partial charge in [0.15, 0.2) is 5.82 Å². The number of rotatable bonds is 6. The summed E-state index contributed by atoms with van der Waals surface area (Å²) in [6.07, 6.45) is 6.64. The molecule has 2 N–H and O–H groups in total. The van der Waals surface area contributed by atoms with Crippen LogP contribution in [0.5, 0.6) is 0 Å². The number of pyridine rings is 2. The second-order valence-electron chi connectivity index (χ2n) is 6.32. The normalized spacial score (nSPS) is 10.9. The minimum atomic E-state index is -0.246. The van der Waals surface area contributed by atoms with Crippen molar-refractivity contribution in [3.8, 4) is 16.9 Å². The molecule has 0 bridgehead atoms. The first kappa shape index (κ1) is 17.8. The van der Waals surface area contributed by atoms with Gasteiger partial charge in [0.25, 0.3) is 5.56 Å². The third-order valence-corrected chi connectivity index (χ3v) is 4.35. The second-order valence-corrected chi connectivity index (χ2v) is 6.32. The number of benzene rings is 1. The maximum atomic E-state index is 13.0. The zero-order chi connectivity index (χ0) is 19.3. The Labute approximate surface area is 160 Å². The van der Waals surface area contributed by atoms with E-state index >= 15 is 0 Å². The number of hydrogen-bond acceptors (Lipinski definition) is 4. The molecule has 0 atom stereocenters. The quantitative estimate of drug-likeness (QED) is 0.543. The van der Waals surface area contributed by atoms with Gasteiger partial charge in [-0.1, -0.05) is 18.2 Å². The average Bonchev–Trinajstić information content (AvgIpc) is 3.12. The van der Waals surface area contributed by atoms with Crippen molar-refractivity contribution in [1.82, 2.24) is 25.1 Å². The van der Waals surface area contributed by atoms with Crippen LogP contribution in [0, 0.1) is 5.82 Å². The van der Waals surface area contributed by atoms with Crippen molar-refractivity contribution >= 4 is 0 Å². The van der Waals surface area contributed by atoms with E-state index in [0.29, 0.717) is 24.5 Å². The van der Waals surface area contributed by atoms with Crippen molar-refractivity contribution in [3.05, 3.63) is 101 Å². The zero-order valence-corrected chi connectivity index (χ0v) is 15.0. The van der Waals surface area contributed by atoms with Crippen LogP contribution < -0.4 is 10.9 Å². The molecule has 4 aromatic rings. The van der Waals surface area contributed by atoms with Crippen molar-refractivity contribution in [2.45, 2.75) is 13.1 Å². The Morgan fingerprint density at radius 2 is 1.86 bits per heavy atom. The molecule has 0 aliphatic carbocycles. The lowest BCUT2D eigenvalue weighted by Gasteiger charge is -2.07. The highest BCUT2D eigenvalue weighted by molar-refractivity contribution is 5.60. The summed E-state index contributed by atoms with van der Waals surface area (Å²) in [5.74, 6) is 0.269. The number of aromatic nitrogens is 4. The Morgan fingerprint density at radius 3 is 2.64 bits per heavy atom. The van der Waals surface area contributed by atoms with Gasteiger partial charge >= 0.3 is 0 Å². The van der Waals surface area contributed by atoms with Gasteiger partial charge in [-0.25, -0.2) is 14.1 Å². The lowest BCUT2D eigenvalue weighted by Crippen LogP contribution is -2.18. The van der Waals surface area contributed by atoms with Crippen LogP contribution in [0.1, 0.15) is 11.1 Å². The largest absolute Gasteiger partial charge is 0.309 e. The molecule has 7 heteroatoms. The molecule has 6 nitrogen and oxygen atoms in total. The summed E-state index contributed by atoms with van der Waals surface area (Å²) >= 11 is 0. The summed E-state index contributed by atoms with van der Waals surface area (Å²) in [4.78, 5) is 21.1. The van der Waals surface area contributed by atoms with Crippen LogP contribution in [0.3, 0.4) is 0 Å². The minimum Gasteiger partial charge on any atom is -0.309 e. The molecule has 1 aromatic carbocycles. The first-order chi connectivity index (χ1) is 13.7. The van der Waals surface area contributed by atoms with Gasteiger partial charge in [0.2, 0.25) is 0 Å². The van der Waals surface area contributed by atoms with Crippen LogP contribution in [0.4, 0.5) is 4.39 Å². The van der Waals surface area contributed by atoms with E-state index in [1.165, 1.54) is 16.8 Å². The third kappa shape index (κ3) is 3.89. The fraction of sp³-hybridized carbons (Fsp3) is 0.0952.